The third-order valence-corrected chi connectivity index (χ3v) is 1.67. The van der Waals surface area contributed by atoms with Crippen LogP contribution in [0.5, 0.6) is 0 Å². The normalized spacial score (nSPS) is 11.9. The molecule has 0 aliphatic heterocycles. The largest absolute Gasteiger partial charge is 0.393 e. The zero-order valence-electron chi connectivity index (χ0n) is 7.97. The van der Waals surface area contributed by atoms with Crippen molar-refractivity contribution in [3.63, 3.8) is 0 Å². The van der Waals surface area contributed by atoms with Crippen LogP contribution in [-0.4, -0.2) is 24.9 Å². The Hall–Kier alpha value is -0.520. The second-order valence-electron chi connectivity index (χ2n) is 2.75. The Labute approximate surface area is 74.9 Å². The first-order valence-electron chi connectivity index (χ1n) is 4.38. The van der Waals surface area contributed by atoms with Crippen LogP contribution < -0.4 is 0 Å². The van der Waals surface area contributed by atoms with E-state index in [-0.39, 0.29) is 6.10 Å². The van der Waals surface area contributed by atoms with E-state index in [1.807, 2.05) is 6.92 Å². The summed E-state index contributed by atoms with van der Waals surface area (Å²) in [4.78, 5) is 0. The quantitative estimate of drug-likeness (QED) is 0.484. The van der Waals surface area contributed by atoms with Crippen molar-refractivity contribution in [1.29, 1.82) is 0 Å². The molecule has 2 nitrogen and oxygen atoms in total. The summed E-state index contributed by atoms with van der Waals surface area (Å²) in [6, 6.07) is 0. The van der Waals surface area contributed by atoms with Gasteiger partial charge in [-0.25, -0.2) is 0 Å². The highest BCUT2D eigenvalue weighted by Crippen LogP contribution is 2.03. The molecule has 2 heteroatoms. The summed E-state index contributed by atoms with van der Waals surface area (Å²) in [6.07, 6.45) is 3.12. The van der Waals surface area contributed by atoms with Gasteiger partial charge in [-0.15, -0.1) is 11.8 Å². The van der Waals surface area contributed by atoms with Gasteiger partial charge in [0.2, 0.25) is 0 Å². The predicted octanol–water partition coefficient (Wildman–Crippen LogP) is 1.58. The average molecular weight is 170 g/mol. The Balaban J connectivity index is 3.19. The molecule has 0 aromatic heterocycles. The molecule has 0 aliphatic carbocycles. The number of hydrogen-bond donors (Lipinski definition) is 1. The van der Waals surface area contributed by atoms with Crippen LogP contribution in [0.1, 0.15) is 32.6 Å². The van der Waals surface area contributed by atoms with Crippen LogP contribution in [0.3, 0.4) is 0 Å². The summed E-state index contributed by atoms with van der Waals surface area (Å²) >= 11 is 0. The molecular formula is C10H18O2. The van der Waals surface area contributed by atoms with Gasteiger partial charge >= 0.3 is 0 Å². The lowest BCUT2D eigenvalue weighted by molar-refractivity contribution is 0.129. The number of methoxy groups -OCH3 is 1. The van der Waals surface area contributed by atoms with E-state index in [1.54, 1.807) is 7.11 Å². The Kier molecular flexibility index (Phi) is 8.20. The minimum atomic E-state index is -0.207. The van der Waals surface area contributed by atoms with Crippen LogP contribution in [0, 0.1) is 11.8 Å². The van der Waals surface area contributed by atoms with E-state index in [4.69, 9.17) is 4.74 Å². The molecule has 0 fully saturated rings. The maximum atomic E-state index is 9.38. The molecule has 70 valence electrons. The molecule has 12 heavy (non-hydrogen) atoms. The summed E-state index contributed by atoms with van der Waals surface area (Å²) in [6.45, 7) is 2.55. The van der Waals surface area contributed by atoms with Crippen molar-refractivity contribution in [2.75, 3.05) is 13.7 Å². The van der Waals surface area contributed by atoms with Crippen molar-refractivity contribution in [3.8, 4) is 11.8 Å². The van der Waals surface area contributed by atoms with E-state index in [0.29, 0.717) is 0 Å². The molecule has 1 unspecified atom stereocenters. The van der Waals surface area contributed by atoms with Crippen LogP contribution in [0.2, 0.25) is 0 Å². The average Bonchev–Trinajstić information content (AvgIpc) is 2.06. The van der Waals surface area contributed by atoms with Crippen molar-refractivity contribution in [3.05, 3.63) is 0 Å². The highest BCUT2D eigenvalue weighted by atomic mass is 16.5. The molecule has 0 amide bonds. The van der Waals surface area contributed by atoms with Gasteiger partial charge < -0.3 is 9.84 Å². The Morgan fingerprint density at radius 3 is 2.75 bits per heavy atom. The predicted molar refractivity (Wildman–Crippen MR) is 49.8 cm³/mol. The van der Waals surface area contributed by atoms with Crippen LogP contribution in [0.25, 0.3) is 0 Å². The fraction of sp³-hybridized carbons (Fsp3) is 0.800. The minimum Gasteiger partial charge on any atom is -0.393 e. The van der Waals surface area contributed by atoms with Crippen LogP contribution >= 0.6 is 0 Å². The highest BCUT2D eigenvalue weighted by molar-refractivity contribution is 4.94. The second-order valence-corrected chi connectivity index (χ2v) is 2.75. The summed E-state index contributed by atoms with van der Waals surface area (Å²) in [5, 5.41) is 9.38. The van der Waals surface area contributed by atoms with Crippen molar-refractivity contribution in [2.24, 2.45) is 0 Å². The van der Waals surface area contributed by atoms with Crippen LogP contribution in [0.4, 0.5) is 0 Å². The third-order valence-electron chi connectivity index (χ3n) is 1.67. The zero-order chi connectivity index (χ0) is 9.23. The maximum Gasteiger partial charge on any atom is 0.0550 e. The SMILES string of the molecule is CC#CCCC(O)CCCOC. The smallest absolute Gasteiger partial charge is 0.0550 e. The minimum absolute atomic E-state index is 0.207. The Bertz CT molecular complexity index is 144. The molecule has 0 rings (SSSR count). The summed E-state index contributed by atoms with van der Waals surface area (Å²) in [5.74, 6) is 5.73. The van der Waals surface area contributed by atoms with E-state index < -0.39 is 0 Å². The van der Waals surface area contributed by atoms with Gasteiger partial charge in [0.25, 0.3) is 0 Å². The van der Waals surface area contributed by atoms with Gasteiger partial charge in [0.05, 0.1) is 6.10 Å². The first-order chi connectivity index (χ1) is 5.81. The zero-order valence-corrected chi connectivity index (χ0v) is 7.97. The van der Waals surface area contributed by atoms with Gasteiger partial charge in [-0.3, -0.25) is 0 Å². The molecule has 0 heterocycles. The Morgan fingerprint density at radius 2 is 2.17 bits per heavy atom. The van der Waals surface area contributed by atoms with E-state index in [0.717, 1.165) is 32.3 Å². The van der Waals surface area contributed by atoms with E-state index in [2.05, 4.69) is 11.8 Å². The van der Waals surface area contributed by atoms with E-state index in [1.165, 1.54) is 0 Å². The molecule has 0 aliphatic rings. The fourth-order valence-corrected chi connectivity index (χ4v) is 0.971. The standard InChI is InChI=1S/C10H18O2/c1-3-4-5-7-10(11)8-6-9-12-2/h10-11H,5-9H2,1-2H3. The topological polar surface area (TPSA) is 29.5 Å². The van der Waals surface area contributed by atoms with Gasteiger partial charge in [-0.1, -0.05) is 0 Å². The lowest BCUT2D eigenvalue weighted by atomic mass is 10.1. The Morgan fingerprint density at radius 1 is 1.42 bits per heavy atom. The molecule has 0 radical (unpaired) electrons. The second kappa shape index (κ2) is 8.58. The van der Waals surface area contributed by atoms with E-state index >= 15 is 0 Å². The van der Waals surface area contributed by atoms with Gasteiger partial charge in [-0.05, 0) is 26.2 Å². The number of hydrogen-bond acceptors (Lipinski definition) is 2. The van der Waals surface area contributed by atoms with Crippen molar-refractivity contribution in [1.82, 2.24) is 0 Å². The van der Waals surface area contributed by atoms with Crippen LogP contribution in [-0.2, 0) is 4.74 Å². The maximum absolute atomic E-state index is 9.38. The third kappa shape index (κ3) is 7.59. The number of aliphatic hydroxyl groups is 1. The van der Waals surface area contributed by atoms with Gasteiger partial charge in [0, 0.05) is 20.1 Å². The molecule has 0 saturated heterocycles. The lowest BCUT2D eigenvalue weighted by Crippen LogP contribution is -2.06. The van der Waals surface area contributed by atoms with Crippen molar-refractivity contribution < 1.29 is 9.84 Å². The summed E-state index contributed by atoms with van der Waals surface area (Å²) in [5.41, 5.74) is 0. The molecule has 0 saturated carbocycles. The first kappa shape index (κ1) is 11.5. The van der Waals surface area contributed by atoms with Crippen molar-refractivity contribution in [2.45, 2.75) is 38.7 Å². The van der Waals surface area contributed by atoms with Gasteiger partial charge in [0.15, 0.2) is 0 Å². The molecule has 1 N–H and O–H groups in total. The van der Waals surface area contributed by atoms with Crippen LogP contribution in [0.15, 0.2) is 0 Å². The molecule has 0 bridgehead atoms. The first-order valence-corrected chi connectivity index (χ1v) is 4.38. The molecule has 0 spiro atoms. The van der Waals surface area contributed by atoms with Crippen molar-refractivity contribution >= 4 is 0 Å². The monoisotopic (exact) mass is 170 g/mol. The molecule has 0 aromatic carbocycles. The summed E-state index contributed by atoms with van der Waals surface area (Å²) < 4.78 is 4.88. The summed E-state index contributed by atoms with van der Waals surface area (Å²) in [7, 11) is 1.68. The molecule has 1 atom stereocenters. The highest BCUT2D eigenvalue weighted by Gasteiger charge is 2.01. The fourth-order valence-electron chi connectivity index (χ4n) is 0.971. The van der Waals surface area contributed by atoms with Gasteiger partial charge in [-0.2, -0.15) is 0 Å². The number of ether oxygens (including phenoxy) is 1. The molecule has 0 aromatic rings. The number of aliphatic hydroxyl groups excluding tert-OH is 1. The number of rotatable bonds is 6. The van der Waals surface area contributed by atoms with Gasteiger partial charge in [0.1, 0.15) is 0 Å². The molecular weight excluding hydrogens is 152 g/mol. The lowest BCUT2D eigenvalue weighted by Gasteiger charge is -2.07. The van der Waals surface area contributed by atoms with E-state index in [9.17, 15) is 5.11 Å².